The van der Waals surface area contributed by atoms with Crippen molar-refractivity contribution in [1.82, 2.24) is 26.2 Å². The molecule has 1 aliphatic carbocycles. The molecule has 14 nitrogen and oxygen atoms in total. The molecule has 2 aliphatic rings. The van der Waals surface area contributed by atoms with Gasteiger partial charge in [-0.1, -0.05) is 71.4 Å². The Labute approximate surface area is 339 Å². The number of benzene rings is 1. The van der Waals surface area contributed by atoms with Crippen molar-refractivity contribution in [3.63, 3.8) is 0 Å². The molecule has 17 heteroatoms. The Morgan fingerprint density at radius 1 is 0.879 bits per heavy atom. The second-order valence-corrected chi connectivity index (χ2v) is 16.1. The van der Waals surface area contributed by atoms with Gasteiger partial charge in [-0.05, 0) is 75.0 Å². The van der Waals surface area contributed by atoms with E-state index in [1.807, 2.05) is 20.8 Å². The molecule has 0 unspecified atom stereocenters. The third-order valence-corrected chi connectivity index (χ3v) is 11.0. The normalized spacial score (nSPS) is 26.1. The molecule has 5 amide bonds. The highest BCUT2D eigenvalue weighted by Crippen LogP contribution is 2.31. The van der Waals surface area contributed by atoms with Crippen LogP contribution in [0.2, 0.25) is 0 Å². The van der Waals surface area contributed by atoms with Gasteiger partial charge >= 0.3 is 12.1 Å². The number of aliphatic hydroxyl groups is 1. The molecule has 1 aliphatic heterocycles. The van der Waals surface area contributed by atoms with Crippen LogP contribution in [-0.2, 0) is 46.1 Å². The second-order valence-electron chi connectivity index (χ2n) is 16.1. The zero-order chi connectivity index (χ0) is 43.2. The number of rotatable bonds is 12. The highest BCUT2D eigenvalue weighted by atomic mass is 19.4. The van der Waals surface area contributed by atoms with Gasteiger partial charge in [0, 0.05) is 13.6 Å². The average Bonchev–Trinajstić information content (AvgIpc) is 3.18. The van der Waals surface area contributed by atoms with Gasteiger partial charge in [-0.2, -0.15) is 13.2 Å². The van der Waals surface area contributed by atoms with E-state index in [9.17, 15) is 47.0 Å². The standard InChI is InChI=1S/C41H63F3N6O8/c1-6-7-8-12-15-32-29(21-26-16-18-28(19-17-26)41(42,43)44)40(57)50(5)31(20-24(2)3)37(54)49-35(27-13-10-9-11-14-27)39(56)47-30(22-45)36(53)48-34(25(4)51)38(55)46-23-33(52)58-32/h16-19,24-25,27,29-32,34-35,51H,6-15,20-23,45H2,1-5H3,(H,46,55)(H,47,56)(H,48,53)(H,49,54)/t25-,29+,30-,31-,32+,34-,35-/m0/s1. The van der Waals surface area contributed by atoms with Crippen LogP contribution in [0.4, 0.5) is 13.2 Å². The lowest BCUT2D eigenvalue weighted by Crippen LogP contribution is -2.62. The van der Waals surface area contributed by atoms with Crippen LogP contribution in [0.5, 0.6) is 0 Å². The number of carbonyl (C=O) groups excluding carboxylic acids is 6. The minimum atomic E-state index is -4.60. The number of aliphatic hydroxyl groups excluding tert-OH is 1. The summed E-state index contributed by atoms with van der Waals surface area (Å²) >= 11 is 0. The van der Waals surface area contributed by atoms with Crippen LogP contribution in [0.3, 0.4) is 0 Å². The summed E-state index contributed by atoms with van der Waals surface area (Å²) in [5.41, 5.74) is 5.38. The van der Waals surface area contributed by atoms with Gasteiger partial charge in [0.15, 0.2) is 0 Å². The molecule has 0 bridgehead atoms. The lowest BCUT2D eigenvalue weighted by molar-refractivity contribution is -0.158. The number of likely N-dealkylation sites (N-methyl/N-ethyl adjacent to an activating group) is 1. The summed E-state index contributed by atoms with van der Waals surface area (Å²) in [6.45, 7) is 5.87. The first-order chi connectivity index (χ1) is 27.4. The maximum absolute atomic E-state index is 14.8. The van der Waals surface area contributed by atoms with Crippen LogP contribution >= 0.6 is 0 Å². The molecule has 1 aromatic rings. The highest BCUT2D eigenvalue weighted by molar-refractivity contribution is 5.96. The summed E-state index contributed by atoms with van der Waals surface area (Å²) in [6.07, 6.45) is -0.281. The highest BCUT2D eigenvalue weighted by Gasteiger charge is 2.41. The lowest BCUT2D eigenvalue weighted by atomic mass is 9.83. The minimum Gasteiger partial charge on any atom is -0.460 e. The molecule has 7 N–H and O–H groups in total. The van der Waals surface area contributed by atoms with Gasteiger partial charge in [-0.25, -0.2) is 0 Å². The number of nitrogens with zero attached hydrogens (tertiary/aromatic N) is 1. The topological polar surface area (TPSA) is 209 Å². The fourth-order valence-corrected chi connectivity index (χ4v) is 7.63. The third-order valence-electron chi connectivity index (χ3n) is 11.0. The van der Waals surface area contributed by atoms with Gasteiger partial charge in [0.2, 0.25) is 29.5 Å². The number of amides is 5. The molecule has 2 fully saturated rings. The Balaban J connectivity index is 2.17. The average molecular weight is 825 g/mol. The van der Waals surface area contributed by atoms with Crippen molar-refractivity contribution in [1.29, 1.82) is 0 Å². The van der Waals surface area contributed by atoms with E-state index in [4.69, 9.17) is 10.5 Å². The van der Waals surface area contributed by atoms with Crippen molar-refractivity contribution in [3.05, 3.63) is 35.4 Å². The van der Waals surface area contributed by atoms with Crippen molar-refractivity contribution in [2.24, 2.45) is 23.5 Å². The van der Waals surface area contributed by atoms with E-state index in [1.165, 1.54) is 31.0 Å². The molecule has 326 valence electrons. The monoisotopic (exact) mass is 824 g/mol. The quantitative estimate of drug-likeness (QED) is 0.135. The summed E-state index contributed by atoms with van der Waals surface area (Å²) in [5, 5.41) is 20.7. The number of ether oxygens (including phenoxy) is 1. The van der Waals surface area contributed by atoms with Crippen LogP contribution in [0.25, 0.3) is 0 Å². The first-order valence-corrected chi connectivity index (χ1v) is 20.6. The molecule has 0 radical (unpaired) electrons. The van der Waals surface area contributed by atoms with Crippen molar-refractivity contribution < 1.29 is 51.8 Å². The van der Waals surface area contributed by atoms with Crippen LogP contribution in [0, 0.1) is 17.8 Å². The lowest BCUT2D eigenvalue weighted by Gasteiger charge is -2.36. The summed E-state index contributed by atoms with van der Waals surface area (Å²) in [5.74, 6) is -6.32. The number of cyclic esters (lactones) is 1. The molecular formula is C41H63F3N6O8. The van der Waals surface area contributed by atoms with Crippen LogP contribution in [-0.4, -0.2) is 102 Å². The molecular weight excluding hydrogens is 761 g/mol. The van der Waals surface area contributed by atoms with Gasteiger partial charge in [0.1, 0.15) is 36.8 Å². The number of nitrogens with one attached hydrogen (secondary N) is 4. The van der Waals surface area contributed by atoms with Gasteiger partial charge < -0.3 is 41.7 Å². The maximum atomic E-state index is 14.8. The molecule has 1 saturated heterocycles. The Bertz CT molecular complexity index is 1540. The van der Waals surface area contributed by atoms with Crippen molar-refractivity contribution in [3.8, 4) is 0 Å². The van der Waals surface area contributed by atoms with Crippen LogP contribution in [0.1, 0.15) is 109 Å². The zero-order valence-corrected chi connectivity index (χ0v) is 34.4. The molecule has 1 aromatic carbocycles. The largest absolute Gasteiger partial charge is 0.460 e. The number of nitrogens with two attached hydrogens (primary N) is 1. The molecule has 3 rings (SSSR count). The summed E-state index contributed by atoms with van der Waals surface area (Å²) in [4.78, 5) is 84.7. The molecule has 0 aromatic heterocycles. The molecule has 1 saturated carbocycles. The van der Waals surface area contributed by atoms with E-state index < -0.39 is 103 Å². The van der Waals surface area contributed by atoms with Gasteiger partial charge in [-0.15, -0.1) is 0 Å². The van der Waals surface area contributed by atoms with Gasteiger partial charge in [0.25, 0.3) is 0 Å². The van der Waals surface area contributed by atoms with E-state index in [2.05, 4.69) is 21.3 Å². The van der Waals surface area contributed by atoms with Crippen LogP contribution < -0.4 is 27.0 Å². The van der Waals surface area contributed by atoms with Gasteiger partial charge in [-0.3, -0.25) is 28.8 Å². The van der Waals surface area contributed by atoms with E-state index in [0.717, 1.165) is 50.7 Å². The Morgan fingerprint density at radius 2 is 1.53 bits per heavy atom. The fourth-order valence-electron chi connectivity index (χ4n) is 7.63. The summed E-state index contributed by atoms with van der Waals surface area (Å²) in [6, 6.07) is -0.873. The number of halogens is 3. The smallest absolute Gasteiger partial charge is 0.416 e. The Morgan fingerprint density at radius 3 is 2.10 bits per heavy atom. The molecule has 1 heterocycles. The van der Waals surface area contributed by atoms with E-state index >= 15 is 0 Å². The fraction of sp³-hybridized carbons (Fsp3) is 0.707. The van der Waals surface area contributed by atoms with Crippen molar-refractivity contribution >= 4 is 35.5 Å². The second kappa shape index (κ2) is 22.8. The van der Waals surface area contributed by atoms with Crippen molar-refractivity contribution in [2.45, 2.75) is 147 Å². The zero-order valence-electron chi connectivity index (χ0n) is 34.4. The first kappa shape index (κ1) is 48.1. The van der Waals surface area contributed by atoms with Crippen LogP contribution in [0.15, 0.2) is 24.3 Å². The van der Waals surface area contributed by atoms with E-state index in [-0.39, 0.29) is 31.1 Å². The maximum Gasteiger partial charge on any atom is 0.416 e. The predicted octanol–water partition coefficient (Wildman–Crippen LogP) is 3.12. The first-order valence-electron chi connectivity index (χ1n) is 20.6. The Kier molecular flexibility index (Phi) is 18.9. The number of hydrogen-bond acceptors (Lipinski definition) is 9. The Hall–Kier alpha value is -4.25. The number of unbranched alkanes of at least 4 members (excludes halogenated alkanes) is 3. The van der Waals surface area contributed by atoms with Crippen molar-refractivity contribution in [2.75, 3.05) is 20.1 Å². The number of esters is 1. The van der Waals surface area contributed by atoms with Gasteiger partial charge in [0.05, 0.1) is 17.6 Å². The summed E-state index contributed by atoms with van der Waals surface area (Å²) in [7, 11) is 1.44. The predicted molar refractivity (Wildman–Crippen MR) is 209 cm³/mol. The molecule has 7 atom stereocenters. The summed E-state index contributed by atoms with van der Waals surface area (Å²) < 4.78 is 46.4. The van der Waals surface area contributed by atoms with E-state index in [1.54, 1.807) is 0 Å². The number of hydrogen-bond donors (Lipinski definition) is 6. The third kappa shape index (κ3) is 14.2. The molecule has 0 spiro atoms. The number of carbonyl (C=O) groups is 6. The molecule has 58 heavy (non-hydrogen) atoms. The van der Waals surface area contributed by atoms with E-state index in [0.29, 0.717) is 24.8 Å². The SMILES string of the molecule is CCCCCC[C@H]1OC(=O)CNC(=O)[C@H]([C@H](C)O)NC(=O)[C@H](CN)NC(=O)[C@H](C2CCCCC2)NC(=O)[C@H](CC(C)C)N(C)C(=O)[C@@H]1Cc1ccc(C(F)(F)F)cc1. The number of alkyl halides is 3. The minimum absolute atomic E-state index is 0.124.